The summed E-state index contributed by atoms with van der Waals surface area (Å²) in [6.45, 7) is 6.20. The predicted octanol–water partition coefficient (Wildman–Crippen LogP) is 3.03. The topological polar surface area (TPSA) is 32.3 Å². The molecule has 0 spiro atoms. The molecule has 4 heteroatoms. The quantitative estimate of drug-likeness (QED) is 0.792. The summed E-state index contributed by atoms with van der Waals surface area (Å²) in [5, 5.41) is 12.5. The summed E-state index contributed by atoms with van der Waals surface area (Å²) in [4.78, 5) is 1.18. The van der Waals surface area contributed by atoms with Gasteiger partial charge in [0.15, 0.2) is 0 Å². The van der Waals surface area contributed by atoms with Gasteiger partial charge in [-0.1, -0.05) is 19.9 Å². The van der Waals surface area contributed by atoms with Crippen molar-refractivity contribution in [3.63, 3.8) is 0 Å². The molecule has 0 bridgehead atoms. The number of aliphatic hydroxyl groups excluding tert-OH is 1. The van der Waals surface area contributed by atoms with E-state index in [1.165, 1.54) is 10.5 Å². The third-order valence-electron chi connectivity index (χ3n) is 2.16. The molecule has 0 aliphatic rings. The number of halogens is 1. The first-order valence-electron chi connectivity index (χ1n) is 5.44. The summed E-state index contributed by atoms with van der Waals surface area (Å²) in [6, 6.07) is 6.36. The lowest BCUT2D eigenvalue weighted by atomic mass is 10.2. The van der Waals surface area contributed by atoms with E-state index in [0.29, 0.717) is 0 Å². The van der Waals surface area contributed by atoms with Crippen molar-refractivity contribution in [2.45, 2.75) is 30.5 Å². The Labute approximate surface area is 110 Å². The van der Waals surface area contributed by atoms with E-state index in [9.17, 15) is 0 Å². The van der Waals surface area contributed by atoms with Crippen LogP contribution in [-0.4, -0.2) is 23.5 Å². The summed E-state index contributed by atoms with van der Waals surface area (Å²) in [5.41, 5.74) is 1.27. The van der Waals surface area contributed by atoms with E-state index < -0.39 is 0 Å². The van der Waals surface area contributed by atoms with Gasteiger partial charge in [-0.15, -0.1) is 11.8 Å². The van der Waals surface area contributed by atoms with Crippen LogP contribution >= 0.6 is 27.7 Å². The smallest absolute Gasteiger partial charge is 0.0550 e. The Morgan fingerprint density at radius 1 is 1.50 bits per heavy atom. The number of hydrogen-bond donors (Lipinski definition) is 2. The van der Waals surface area contributed by atoms with Gasteiger partial charge < -0.3 is 10.4 Å². The summed E-state index contributed by atoms with van der Waals surface area (Å²) in [5.74, 6) is 0. The zero-order valence-electron chi connectivity index (χ0n) is 9.66. The lowest BCUT2D eigenvalue weighted by Crippen LogP contribution is -2.11. The van der Waals surface area contributed by atoms with Gasteiger partial charge >= 0.3 is 0 Å². The van der Waals surface area contributed by atoms with E-state index >= 15 is 0 Å². The summed E-state index contributed by atoms with van der Waals surface area (Å²) < 4.78 is 1.10. The Bertz CT molecular complexity index is 333. The molecule has 90 valence electrons. The Morgan fingerprint density at radius 2 is 2.25 bits per heavy atom. The number of rotatable bonds is 6. The molecule has 0 aliphatic carbocycles. The fraction of sp³-hybridized carbons (Fsp3) is 0.500. The van der Waals surface area contributed by atoms with Crippen LogP contribution in [0.1, 0.15) is 19.4 Å². The second-order valence-corrected chi connectivity index (χ2v) is 5.99. The summed E-state index contributed by atoms with van der Waals surface area (Å²) in [7, 11) is 0. The molecule has 0 radical (unpaired) electrons. The van der Waals surface area contributed by atoms with Gasteiger partial charge in [0.2, 0.25) is 0 Å². The first-order chi connectivity index (χ1) is 7.67. The standard InChI is InChI=1S/C12H18BrNOS/c1-3-14-7-10-4-5-12(11(13)6-10)16-9(2)8-15/h4-6,9,14-15H,3,7-8H2,1-2H3. The van der Waals surface area contributed by atoms with Crippen LogP contribution in [0.15, 0.2) is 27.6 Å². The van der Waals surface area contributed by atoms with Crippen LogP contribution in [0.5, 0.6) is 0 Å². The van der Waals surface area contributed by atoms with Gasteiger partial charge in [0, 0.05) is 21.2 Å². The molecule has 1 aromatic rings. The van der Waals surface area contributed by atoms with Crippen LogP contribution in [0.3, 0.4) is 0 Å². The van der Waals surface area contributed by atoms with E-state index in [0.717, 1.165) is 17.6 Å². The van der Waals surface area contributed by atoms with Crippen molar-refractivity contribution in [2.75, 3.05) is 13.2 Å². The van der Waals surface area contributed by atoms with Crippen molar-refractivity contribution in [2.24, 2.45) is 0 Å². The molecule has 1 atom stereocenters. The lowest BCUT2D eigenvalue weighted by molar-refractivity contribution is 0.300. The fourth-order valence-electron chi connectivity index (χ4n) is 1.27. The van der Waals surface area contributed by atoms with Gasteiger partial charge in [-0.3, -0.25) is 0 Å². The van der Waals surface area contributed by atoms with Crippen LogP contribution in [0.2, 0.25) is 0 Å². The highest BCUT2D eigenvalue weighted by molar-refractivity contribution is 9.10. The average molecular weight is 304 g/mol. The largest absolute Gasteiger partial charge is 0.395 e. The van der Waals surface area contributed by atoms with E-state index in [2.05, 4.69) is 46.4 Å². The number of thioether (sulfide) groups is 1. The summed E-state index contributed by atoms with van der Waals surface area (Å²) >= 11 is 5.25. The number of benzene rings is 1. The molecule has 0 saturated heterocycles. The third-order valence-corrected chi connectivity index (χ3v) is 4.24. The maximum atomic E-state index is 9.01. The molecule has 1 aromatic carbocycles. The molecule has 1 unspecified atom stereocenters. The highest BCUT2D eigenvalue weighted by Crippen LogP contribution is 2.31. The van der Waals surface area contributed by atoms with Crippen molar-refractivity contribution in [1.29, 1.82) is 0 Å². The molecular formula is C12H18BrNOS. The second kappa shape index (κ2) is 7.33. The fourth-order valence-corrected chi connectivity index (χ4v) is 2.81. The zero-order valence-corrected chi connectivity index (χ0v) is 12.1. The maximum Gasteiger partial charge on any atom is 0.0550 e. The lowest BCUT2D eigenvalue weighted by Gasteiger charge is -2.11. The van der Waals surface area contributed by atoms with Gasteiger partial charge in [-0.05, 0) is 40.2 Å². The normalized spacial score (nSPS) is 12.8. The van der Waals surface area contributed by atoms with Crippen LogP contribution in [0.25, 0.3) is 0 Å². The van der Waals surface area contributed by atoms with Gasteiger partial charge in [-0.25, -0.2) is 0 Å². The summed E-state index contributed by atoms with van der Waals surface area (Å²) in [6.07, 6.45) is 0. The van der Waals surface area contributed by atoms with Crippen LogP contribution in [-0.2, 0) is 6.54 Å². The minimum Gasteiger partial charge on any atom is -0.395 e. The maximum absolute atomic E-state index is 9.01. The molecule has 0 aromatic heterocycles. The molecule has 16 heavy (non-hydrogen) atoms. The third kappa shape index (κ3) is 4.45. The van der Waals surface area contributed by atoms with Gasteiger partial charge in [-0.2, -0.15) is 0 Å². The van der Waals surface area contributed by atoms with Crippen LogP contribution in [0, 0.1) is 0 Å². The van der Waals surface area contributed by atoms with E-state index in [4.69, 9.17) is 5.11 Å². The molecule has 2 N–H and O–H groups in total. The first-order valence-corrected chi connectivity index (χ1v) is 7.11. The molecule has 0 saturated carbocycles. The minimum absolute atomic E-state index is 0.205. The van der Waals surface area contributed by atoms with Gasteiger partial charge in [0.1, 0.15) is 0 Å². The molecule has 0 amide bonds. The molecule has 0 aliphatic heterocycles. The Kier molecular flexibility index (Phi) is 6.43. The average Bonchev–Trinajstić information content (AvgIpc) is 2.29. The van der Waals surface area contributed by atoms with Crippen LogP contribution < -0.4 is 5.32 Å². The van der Waals surface area contributed by atoms with Crippen molar-refractivity contribution >= 4 is 27.7 Å². The highest BCUT2D eigenvalue weighted by Gasteiger charge is 2.06. The molecule has 2 nitrogen and oxygen atoms in total. The van der Waals surface area contributed by atoms with Crippen molar-refractivity contribution in [3.8, 4) is 0 Å². The van der Waals surface area contributed by atoms with E-state index in [1.807, 2.05) is 6.92 Å². The monoisotopic (exact) mass is 303 g/mol. The molecule has 0 fully saturated rings. The first kappa shape index (κ1) is 14.0. The molecular weight excluding hydrogens is 286 g/mol. The Hall–Kier alpha value is -0.0300. The van der Waals surface area contributed by atoms with Crippen molar-refractivity contribution < 1.29 is 5.11 Å². The van der Waals surface area contributed by atoms with Gasteiger partial charge in [0.25, 0.3) is 0 Å². The Morgan fingerprint density at radius 3 is 2.81 bits per heavy atom. The van der Waals surface area contributed by atoms with Gasteiger partial charge in [0.05, 0.1) is 6.61 Å². The number of hydrogen-bond acceptors (Lipinski definition) is 3. The zero-order chi connectivity index (χ0) is 12.0. The SMILES string of the molecule is CCNCc1ccc(SC(C)CO)c(Br)c1. The van der Waals surface area contributed by atoms with Crippen LogP contribution in [0.4, 0.5) is 0 Å². The number of nitrogens with one attached hydrogen (secondary N) is 1. The van der Waals surface area contributed by atoms with Crippen molar-refractivity contribution in [1.82, 2.24) is 5.32 Å². The second-order valence-electron chi connectivity index (χ2n) is 3.66. The molecule has 0 heterocycles. The minimum atomic E-state index is 0.205. The van der Waals surface area contributed by atoms with E-state index in [-0.39, 0.29) is 11.9 Å². The Balaban J connectivity index is 2.67. The molecule has 1 rings (SSSR count). The predicted molar refractivity (Wildman–Crippen MR) is 73.9 cm³/mol. The van der Waals surface area contributed by atoms with Crippen molar-refractivity contribution in [3.05, 3.63) is 28.2 Å². The number of aliphatic hydroxyl groups is 1. The highest BCUT2D eigenvalue weighted by atomic mass is 79.9. The van der Waals surface area contributed by atoms with E-state index in [1.54, 1.807) is 11.8 Å².